The molecule has 0 saturated carbocycles. The number of nitrogens with zero attached hydrogens (tertiary/aromatic N) is 2. The Morgan fingerprint density at radius 3 is 2.22 bits per heavy atom. The van der Waals surface area contributed by atoms with Crippen molar-refractivity contribution in [2.45, 2.75) is 19.3 Å². The third-order valence-corrected chi connectivity index (χ3v) is 4.50. The van der Waals surface area contributed by atoms with Gasteiger partial charge in [0.15, 0.2) is 0 Å². The van der Waals surface area contributed by atoms with Gasteiger partial charge >= 0.3 is 0 Å². The highest BCUT2D eigenvalue weighted by molar-refractivity contribution is 5.95. The smallest absolute Gasteiger partial charge is 0.253 e. The second kappa shape index (κ2) is 8.86. The molecular formula is C21H22N4O2. The molecule has 0 aliphatic carbocycles. The molecule has 0 bridgehead atoms. The number of anilines is 2. The molecule has 0 aromatic heterocycles. The van der Waals surface area contributed by atoms with Crippen LogP contribution in [-0.4, -0.2) is 36.3 Å². The maximum absolute atomic E-state index is 12.3. The Labute approximate surface area is 158 Å². The van der Waals surface area contributed by atoms with Gasteiger partial charge < -0.3 is 15.5 Å². The van der Waals surface area contributed by atoms with E-state index in [9.17, 15) is 9.59 Å². The minimum Gasteiger partial charge on any atom is -0.376 e. The van der Waals surface area contributed by atoms with Gasteiger partial charge in [-0.15, -0.1) is 0 Å². The number of benzene rings is 2. The minimum atomic E-state index is -0.166. The first-order valence-corrected chi connectivity index (χ1v) is 9.04. The minimum absolute atomic E-state index is 0.0663. The molecule has 1 heterocycles. The largest absolute Gasteiger partial charge is 0.376 e. The fourth-order valence-electron chi connectivity index (χ4n) is 3.02. The maximum atomic E-state index is 12.3. The van der Waals surface area contributed by atoms with E-state index in [1.165, 1.54) is 0 Å². The third kappa shape index (κ3) is 5.08. The highest BCUT2D eigenvalue weighted by atomic mass is 16.2. The Kier molecular flexibility index (Phi) is 6.06. The van der Waals surface area contributed by atoms with E-state index in [1.807, 2.05) is 29.2 Å². The van der Waals surface area contributed by atoms with Crippen LogP contribution in [0.4, 0.5) is 11.4 Å². The number of amides is 2. The van der Waals surface area contributed by atoms with Crippen LogP contribution in [0.2, 0.25) is 0 Å². The molecule has 2 aromatic rings. The molecule has 1 aliphatic heterocycles. The van der Waals surface area contributed by atoms with Crippen LogP contribution in [0.5, 0.6) is 0 Å². The average molecular weight is 362 g/mol. The standard InChI is InChI=1S/C21H22N4O2/c22-12-11-16-3-7-19(8-4-16)24-20(26)15-23-18-9-5-17(6-10-18)21(27)25-13-1-2-14-25/h3-10,23H,1-2,11,13-15H2,(H,24,26). The van der Waals surface area contributed by atoms with Crippen molar-refractivity contribution in [2.24, 2.45) is 0 Å². The topological polar surface area (TPSA) is 85.2 Å². The Morgan fingerprint density at radius 1 is 0.963 bits per heavy atom. The van der Waals surface area contributed by atoms with Crippen molar-refractivity contribution >= 4 is 23.2 Å². The number of nitrogens with one attached hydrogen (secondary N) is 2. The molecule has 1 aliphatic rings. The van der Waals surface area contributed by atoms with Gasteiger partial charge in [-0.2, -0.15) is 5.26 Å². The molecular weight excluding hydrogens is 340 g/mol. The quantitative estimate of drug-likeness (QED) is 0.827. The summed E-state index contributed by atoms with van der Waals surface area (Å²) in [5, 5.41) is 14.5. The van der Waals surface area contributed by atoms with E-state index in [2.05, 4.69) is 16.7 Å². The summed E-state index contributed by atoms with van der Waals surface area (Å²) in [6.07, 6.45) is 2.50. The zero-order valence-electron chi connectivity index (χ0n) is 15.1. The predicted octanol–water partition coefficient (Wildman–Crippen LogP) is 3.04. The number of carbonyl (C=O) groups is 2. The average Bonchev–Trinajstić information content (AvgIpc) is 3.23. The van der Waals surface area contributed by atoms with E-state index >= 15 is 0 Å². The summed E-state index contributed by atoms with van der Waals surface area (Å²) < 4.78 is 0. The molecule has 1 saturated heterocycles. The van der Waals surface area contributed by atoms with Gasteiger partial charge in [-0.25, -0.2) is 0 Å². The van der Waals surface area contributed by atoms with Crippen LogP contribution < -0.4 is 10.6 Å². The molecule has 0 spiro atoms. The Morgan fingerprint density at radius 2 is 1.59 bits per heavy atom. The fourth-order valence-corrected chi connectivity index (χ4v) is 3.02. The van der Waals surface area contributed by atoms with E-state index in [4.69, 9.17) is 5.26 Å². The molecule has 1 fully saturated rings. The summed E-state index contributed by atoms with van der Waals surface area (Å²) in [5.41, 5.74) is 3.06. The number of carbonyl (C=O) groups excluding carboxylic acids is 2. The summed E-state index contributed by atoms with van der Waals surface area (Å²) in [6, 6.07) is 16.5. The summed E-state index contributed by atoms with van der Waals surface area (Å²) in [6.45, 7) is 1.78. The van der Waals surface area contributed by atoms with Gasteiger partial charge in [0.05, 0.1) is 19.0 Å². The number of rotatable bonds is 6. The summed E-state index contributed by atoms with van der Waals surface area (Å²) >= 11 is 0. The van der Waals surface area contributed by atoms with E-state index in [1.54, 1.807) is 24.3 Å². The first kappa shape index (κ1) is 18.5. The van der Waals surface area contributed by atoms with Gasteiger partial charge in [0.2, 0.25) is 5.91 Å². The molecule has 2 N–H and O–H groups in total. The van der Waals surface area contributed by atoms with Crippen LogP contribution >= 0.6 is 0 Å². The maximum Gasteiger partial charge on any atom is 0.253 e. The van der Waals surface area contributed by atoms with Crippen molar-refractivity contribution in [2.75, 3.05) is 30.3 Å². The highest BCUT2D eigenvalue weighted by Crippen LogP contribution is 2.15. The van der Waals surface area contributed by atoms with Crippen molar-refractivity contribution in [3.8, 4) is 6.07 Å². The van der Waals surface area contributed by atoms with Crippen molar-refractivity contribution in [1.82, 2.24) is 4.90 Å². The van der Waals surface area contributed by atoms with Crippen LogP contribution in [0.1, 0.15) is 28.8 Å². The molecule has 138 valence electrons. The van der Waals surface area contributed by atoms with Crippen LogP contribution in [0, 0.1) is 11.3 Å². The number of likely N-dealkylation sites (tertiary alicyclic amines) is 1. The van der Waals surface area contributed by atoms with Gasteiger partial charge in [0.25, 0.3) is 5.91 Å². The zero-order valence-corrected chi connectivity index (χ0v) is 15.1. The first-order chi connectivity index (χ1) is 13.2. The first-order valence-electron chi connectivity index (χ1n) is 9.04. The molecule has 6 nitrogen and oxygen atoms in total. The van der Waals surface area contributed by atoms with Crippen molar-refractivity contribution in [3.63, 3.8) is 0 Å². The van der Waals surface area contributed by atoms with E-state index in [0.29, 0.717) is 17.7 Å². The summed E-state index contributed by atoms with van der Waals surface area (Å²) in [7, 11) is 0. The monoisotopic (exact) mass is 362 g/mol. The number of hydrogen-bond donors (Lipinski definition) is 2. The molecule has 2 aromatic carbocycles. The lowest BCUT2D eigenvalue weighted by Crippen LogP contribution is -2.27. The number of nitriles is 1. The van der Waals surface area contributed by atoms with Crippen LogP contribution in [0.25, 0.3) is 0 Å². The lowest BCUT2D eigenvalue weighted by molar-refractivity contribution is -0.114. The molecule has 6 heteroatoms. The lowest BCUT2D eigenvalue weighted by atomic mass is 10.1. The number of hydrogen-bond acceptors (Lipinski definition) is 4. The normalized spacial score (nSPS) is 13.1. The lowest BCUT2D eigenvalue weighted by Gasteiger charge is -2.15. The fraction of sp³-hybridized carbons (Fsp3) is 0.286. The Balaban J connectivity index is 1.48. The van der Waals surface area contributed by atoms with Crippen LogP contribution in [0.15, 0.2) is 48.5 Å². The molecule has 3 rings (SSSR count). The highest BCUT2D eigenvalue weighted by Gasteiger charge is 2.19. The van der Waals surface area contributed by atoms with Crippen LogP contribution in [-0.2, 0) is 11.2 Å². The Bertz CT molecular complexity index is 832. The second-order valence-corrected chi connectivity index (χ2v) is 6.51. The molecule has 0 radical (unpaired) electrons. The zero-order chi connectivity index (χ0) is 19.1. The van der Waals surface area contributed by atoms with Gasteiger partial charge in [-0.05, 0) is 54.8 Å². The van der Waals surface area contributed by atoms with E-state index in [-0.39, 0.29) is 18.4 Å². The predicted molar refractivity (Wildman–Crippen MR) is 104 cm³/mol. The van der Waals surface area contributed by atoms with Crippen molar-refractivity contribution in [1.29, 1.82) is 5.26 Å². The molecule has 0 unspecified atom stereocenters. The molecule has 2 amide bonds. The van der Waals surface area contributed by atoms with Gasteiger partial charge in [0.1, 0.15) is 0 Å². The SMILES string of the molecule is N#CCc1ccc(NC(=O)CNc2ccc(C(=O)N3CCCC3)cc2)cc1. The van der Waals surface area contributed by atoms with Gasteiger partial charge in [0, 0.05) is 30.0 Å². The second-order valence-electron chi connectivity index (χ2n) is 6.51. The van der Waals surface area contributed by atoms with E-state index < -0.39 is 0 Å². The molecule has 27 heavy (non-hydrogen) atoms. The summed E-state index contributed by atoms with van der Waals surface area (Å²) in [4.78, 5) is 26.2. The molecule has 0 atom stereocenters. The van der Waals surface area contributed by atoms with E-state index in [0.717, 1.165) is 37.2 Å². The van der Waals surface area contributed by atoms with Crippen molar-refractivity contribution in [3.05, 3.63) is 59.7 Å². The van der Waals surface area contributed by atoms with Crippen LogP contribution in [0.3, 0.4) is 0 Å². The Hall–Kier alpha value is -3.33. The van der Waals surface area contributed by atoms with Crippen molar-refractivity contribution < 1.29 is 9.59 Å². The van der Waals surface area contributed by atoms with Gasteiger partial charge in [-0.1, -0.05) is 12.1 Å². The summed E-state index contributed by atoms with van der Waals surface area (Å²) in [5.74, 6) is -0.100. The third-order valence-electron chi connectivity index (χ3n) is 4.50. The van der Waals surface area contributed by atoms with Gasteiger partial charge in [-0.3, -0.25) is 9.59 Å².